The molecule has 182 valence electrons. The van der Waals surface area contributed by atoms with Crippen molar-refractivity contribution >= 4 is 38.6 Å². The molecule has 4 aromatic rings. The highest BCUT2D eigenvalue weighted by atomic mass is 32.2. The van der Waals surface area contributed by atoms with Crippen molar-refractivity contribution in [3.8, 4) is 0 Å². The molecule has 0 atom stereocenters. The van der Waals surface area contributed by atoms with Crippen LogP contribution in [0.3, 0.4) is 0 Å². The Morgan fingerprint density at radius 1 is 1.00 bits per heavy atom. The van der Waals surface area contributed by atoms with E-state index in [1.54, 1.807) is 12.1 Å². The topological polar surface area (TPSA) is 102 Å². The van der Waals surface area contributed by atoms with E-state index in [1.165, 1.54) is 24.3 Å². The number of anilines is 2. The molecule has 0 bridgehead atoms. The third-order valence-corrected chi connectivity index (χ3v) is 6.95. The number of imidazole rings is 1. The minimum atomic E-state index is -3.79. The maximum atomic E-state index is 13.0. The Morgan fingerprint density at radius 3 is 2.46 bits per heavy atom. The Bertz CT molecular complexity index is 1430. The lowest BCUT2D eigenvalue weighted by atomic mass is 10.2. The Balaban J connectivity index is 1.51. The van der Waals surface area contributed by atoms with Crippen molar-refractivity contribution in [1.29, 1.82) is 0 Å². The third-order valence-electron chi connectivity index (χ3n) is 5.57. The fourth-order valence-corrected chi connectivity index (χ4v) is 4.85. The monoisotopic (exact) mass is 492 g/mol. The van der Waals surface area contributed by atoms with Gasteiger partial charge in [0.1, 0.15) is 0 Å². The molecule has 0 unspecified atom stereocenters. The first-order valence-electron chi connectivity index (χ1n) is 11.4. The van der Waals surface area contributed by atoms with E-state index in [0.29, 0.717) is 37.0 Å². The number of ether oxygens (including phenoxy) is 1. The van der Waals surface area contributed by atoms with Crippen molar-refractivity contribution in [3.05, 3.63) is 83.9 Å². The second kappa shape index (κ2) is 10.7. The van der Waals surface area contributed by atoms with E-state index in [2.05, 4.69) is 15.0 Å². The molecule has 9 heteroatoms. The largest absolute Gasteiger partial charge is 0.382 e. The predicted octanol–water partition coefficient (Wildman–Crippen LogP) is 4.82. The van der Waals surface area contributed by atoms with Crippen LogP contribution in [-0.2, 0) is 21.3 Å². The van der Waals surface area contributed by atoms with Crippen LogP contribution in [0.15, 0.2) is 77.7 Å². The number of rotatable bonds is 10. The van der Waals surface area contributed by atoms with Crippen molar-refractivity contribution < 1.29 is 17.9 Å². The SMILES string of the molecule is CCOCCCn1c(NC(=O)c2ccc(S(=O)(=O)Nc3ccccc3C)cc2)nc2ccccc21. The number of fused-ring (bicyclic) bond motifs is 1. The van der Waals surface area contributed by atoms with Gasteiger partial charge in [0.25, 0.3) is 15.9 Å². The lowest BCUT2D eigenvalue weighted by Crippen LogP contribution is -2.17. The second-order valence-corrected chi connectivity index (χ2v) is 9.71. The van der Waals surface area contributed by atoms with E-state index in [4.69, 9.17) is 4.74 Å². The zero-order chi connectivity index (χ0) is 24.8. The number of carbonyl (C=O) groups is 1. The maximum Gasteiger partial charge on any atom is 0.261 e. The van der Waals surface area contributed by atoms with Gasteiger partial charge in [-0.3, -0.25) is 14.8 Å². The average molecular weight is 493 g/mol. The molecular formula is C26H28N4O4S. The summed E-state index contributed by atoms with van der Waals surface area (Å²) in [6, 6.07) is 20.6. The van der Waals surface area contributed by atoms with E-state index >= 15 is 0 Å². The fraction of sp³-hybridized carbons (Fsp3) is 0.231. The van der Waals surface area contributed by atoms with E-state index < -0.39 is 10.0 Å². The van der Waals surface area contributed by atoms with E-state index in [1.807, 2.05) is 54.8 Å². The summed E-state index contributed by atoms with van der Waals surface area (Å²) in [5, 5.41) is 2.87. The molecule has 1 amide bonds. The Kier molecular flexibility index (Phi) is 7.48. The summed E-state index contributed by atoms with van der Waals surface area (Å²) >= 11 is 0. The maximum absolute atomic E-state index is 13.0. The Hall–Kier alpha value is -3.69. The molecule has 4 rings (SSSR count). The molecule has 0 aliphatic rings. The number of carbonyl (C=O) groups excluding carboxylic acids is 1. The van der Waals surface area contributed by atoms with Crippen molar-refractivity contribution in [3.63, 3.8) is 0 Å². The van der Waals surface area contributed by atoms with Gasteiger partial charge in [-0.15, -0.1) is 0 Å². The first-order valence-corrected chi connectivity index (χ1v) is 12.9. The number of hydrogen-bond acceptors (Lipinski definition) is 5. The minimum Gasteiger partial charge on any atom is -0.382 e. The summed E-state index contributed by atoms with van der Waals surface area (Å²) in [5.74, 6) is 0.0628. The number of para-hydroxylation sites is 3. The van der Waals surface area contributed by atoms with Gasteiger partial charge in [-0.25, -0.2) is 13.4 Å². The van der Waals surface area contributed by atoms with Crippen molar-refractivity contribution in [2.75, 3.05) is 23.3 Å². The number of benzene rings is 3. The van der Waals surface area contributed by atoms with Gasteiger partial charge in [0.05, 0.1) is 21.6 Å². The smallest absolute Gasteiger partial charge is 0.261 e. The summed E-state index contributed by atoms with van der Waals surface area (Å²) in [6.07, 6.45) is 0.775. The normalized spacial score (nSPS) is 11.5. The molecule has 0 fully saturated rings. The summed E-state index contributed by atoms with van der Waals surface area (Å²) in [6.45, 7) is 5.68. The number of hydrogen-bond donors (Lipinski definition) is 2. The fourth-order valence-electron chi connectivity index (χ4n) is 3.72. The van der Waals surface area contributed by atoms with Crippen molar-refractivity contribution in [2.45, 2.75) is 31.7 Å². The van der Waals surface area contributed by atoms with Crippen LogP contribution >= 0.6 is 0 Å². The highest BCUT2D eigenvalue weighted by Crippen LogP contribution is 2.22. The van der Waals surface area contributed by atoms with Crippen molar-refractivity contribution in [2.24, 2.45) is 0 Å². The first-order chi connectivity index (χ1) is 16.9. The number of aryl methyl sites for hydroxylation is 2. The van der Waals surface area contributed by atoms with Crippen LogP contribution in [0, 0.1) is 6.92 Å². The lowest BCUT2D eigenvalue weighted by molar-refractivity contribution is 0.102. The van der Waals surface area contributed by atoms with E-state index in [-0.39, 0.29) is 10.8 Å². The average Bonchev–Trinajstić information content (AvgIpc) is 3.20. The van der Waals surface area contributed by atoms with Crippen LogP contribution in [0.5, 0.6) is 0 Å². The molecule has 0 spiro atoms. The van der Waals surface area contributed by atoms with Gasteiger partial charge in [0.15, 0.2) is 0 Å². The summed E-state index contributed by atoms with van der Waals surface area (Å²) in [4.78, 5) is 17.6. The Morgan fingerprint density at radius 2 is 1.71 bits per heavy atom. The van der Waals surface area contributed by atoms with Crippen LogP contribution < -0.4 is 10.0 Å². The molecule has 0 saturated carbocycles. The van der Waals surface area contributed by atoms with Crippen LogP contribution in [0.4, 0.5) is 11.6 Å². The van der Waals surface area contributed by atoms with Gasteiger partial charge < -0.3 is 9.30 Å². The molecule has 0 saturated heterocycles. The van der Waals surface area contributed by atoms with Gasteiger partial charge in [-0.05, 0) is 68.3 Å². The first kappa shape index (κ1) is 24.4. The highest BCUT2D eigenvalue weighted by molar-refractivity contribution is 7.92. The van der Waals surface area contributed by atoms with Crippen LogP contribution in [0.2, 0.25) is 0 Å². The van der Waals surface area contributed by atoms with Crippen LogP contribution in [0.1, 0.15) is 29.3 Å². The van der Waals surface area contributed by atoms with Gasteiger partial charge in [0.2, 0.25) is 5.95 Å². The number of sulfonamides is 1. The van der Waals surface area contributed by atoms with Crippen LogP contribution in [0.25, 0.3) is 11.0 Å². The molecule has 2 N–H and O–H groups in total. The zero-order valence-corrected chi connectivity index (χ0v) is 20.5. The van der Waals surface area contributed by atoms with Gasteiger partial charge in [-0.1, -0.05) is 30.3 Å². The number of aromatic nitrogens is 2. The quantitative estimate of drug-likeness (QED) is 0.309. The molecule has 0 radical (unpaired) electrons. The van der Waals surface area contributed by atoms with Gasteiger partial charge in [0, 0.05) is 25.3 Å². The third kappa shape index (κ3) is 5.70. The molecule has 1 aromatic heterocycles. The molecule has 35 heavy (non-hydrogen) atoms. The van der Waals surface area contributed by atoms with Crippen molar-refractivity contribution in [1.82, 2.24) is 9.55 Å². The molecule has 1 heterocycles. The molecule has 0 aliphatic carbocycles. The van der Waals surface area contributed by atoms with E-state index in [0.717, 1.165) is 23.0 Å². The number of amides is 1. The van der Waals surface area contributed by atoms with Gasteiger partial charge in [-0.2, -0.15) is 0 Å². The summed E-state index contributed by atoms with van der Waals surface area (Å²) in [5.41, 5.74) is 3.35. The predicted molar refractivity (Wildman–Crippen MR) is 137 cm³/mol. The molecule has 0 aliphatic heterocycles. The lowest BCUT2D eigenvalue weighted by Gasteiger charge is -2.12. The van der Waals surface area contributed by atoms with Crippen LogP contribution in [-0.4, -0.2) is 37.1 Å². The highest BCUT2D eigenvalue weighted by Gasteiger charge is 2.18. The molecule has 3 aromatic carbocycles. The summed E-state index contributed by atoms with van der Waals surface area (Å²) < 4.78 is 35.6. The standard InChI is InChI=1S/C26H28N4O4S/c1-3-34-18-8-17-30-24-12-7-6-11-23(24)27-26(30)28-25(31)20-13-15-21(16-14-20)35(32,33)29-22-10-5-4-9-19(22)2/h4-7,9-16,29H,3,8,17-18H2,1-2H3,(H,27,28,31). The summed E-state index contributed by atoms with van der Waals surface area (Å²) in [7, 11) is -3.79. The number of nitrogens with one attached hydrogen (secondary N) is 2. The Labute approximate surface area is 205 Å². The second-order valence-electron chi connectivity index (χ2n) is 8.03. The molecule has 8 nitrogen and oxygen atoms in total. The molecular weight excluding hydrogens is 464 g/mol. The number of nitrogens with zero attached hydrogens (tertiary/aromatic N) is 2. The van der Waals surface area contributed by atoms with E-state index in [9.17, 15) is 13.2 Å². The zero-order valence-electron chi connectivity index (χ0n) is 19.7. The van der Waals surface area contributed by atoms with Gasteiger partial charge >= 0.3 is 0 Å². The minimum absolute atomic E-state index is 0.0699.